The fraction of sp³-hybridized carbons (Fsp3) is 0.0769. The van der Waals surface area contributed by atoms with Gasteiger partial charge in [0, 0.05) is 5.02 Å². The Balaban J connectivity index is 2.23. The average Bonchev–Trinajstić information content (AvgIpc) is 2.34. The first-order valence-corrected chi connectivity index (χ1v) is 5.68. The van der Waals surface area contributed by atoms with E-state index in [1.165, 1.54) is 6.20 Å². The molecule has 1 aromatic carbocycles. The van der Waals surface area contributed by atoms with Crippen molar-refractivity contribution in [3.8, 4) is 11.5 Å². The molecule has 0 aliphatic rings. The zero-order valence-corrected chi connectivity index (χ0v) is 10.5. The van der Waals surface area contributed by atoms with Crippen LogP contribution in [0, 0.1) is 12.3 Å². The van der Waals surface area contributed by atoms with E-state index in [1.54, 1.807) is 24.3 Å². The third kappa shape index (κ3) is 2.78. The van der Waals surface area contributed by atoms with E-state index in [4.69, 9.17) is 27.5 Å². The predicted octanol–water partition coefficient (Wildman–Crippen LogP) is 3.12. The first kappa shape index (κ1) is 12.4. The lowest BCUT2D eigenvalue weighted by Crippen LogP contribution is -2.12. The van der Waals surface area contributed by atoms with Crippen LogP contribution in [0.2, 0.25) is 5.02 Å². The van der Waals surface area contributed by atoms with Crippen LogP contribution >= 0.6 is 11.6 Å². The predicted molar refractivity (Wildman–Crippen MR) is 71.5 cm³/mol. The molecule has 0 spiro atoms. The molecule has 4 nitrogen and oxygen atoms in total. The smallest absolute Gasteiger partial charge is 0.145 e. The van der Waals surface area contributed by atoms with Crippen LogP contribution in [0.3, 0.4) is 0 Å². The summed E-state index contributed by atoms with van der Waals surface area (Å²) in [7, 11) is 0. The van der Waals surface area contributed by atoms with Crippen LogP contribution in [-0.2, 0) is 0 Å². The molecule has 0 bridgehead atoms. The molecule has 0 saturated heterocycles. The van der Waals surface area contributed by atoms with Gasteiger partial charge in [0.15, 0.2) is 0 Å². The molecule has 0 aliphatic heterocycles. The van der Waals surface area contributed by atoms with E-state index in [9.17, 15) is 0 Å². The van der Waals surface area contributed by atoms with Gasteiger partial charge in [-0.25, -0.2) is 4.98 Å². The second-order valence-corrected chi connectivity index (χ2v) is 4.24. The number of nitrogens with zero attached hydrogens (tertiary/aromatic N) is 1. The van der Waals surface area contributed by atoms with Crippen LogP contribution in [0.1, 0.15) is 11.3 Å². The zero-order chi connectivity index (χ0) is 13.1. The number of rotatable bonds is 3. The van der Waals surface area contributed by atoms with Crippen LogP contribution in [-0.4, -0.2) is 10.8 Å². The Morgan fingerprint density at radius 2 is 2.11 bits per heavy atom. The van der Waals surface area contributed by atoms with Gasteiger partial charge < -0.3 is 10.5 Å². The lowest BCUT2D eigenvalue weighted by atomic mass is 10.2. The third-order valence-corrected chi connectivity index (χ3v) is 2.63. The topological polar surface area (TPSA) is 72.0 Å². The standard InChI is InChI=1S/C13H12ClN3O/c1-8-2-3-9(14)6-12(8)18-10-4-5-11(13(15)16)17-7-10/h2-7H,1H3,(H3,15,16). The Bertz CT molecular complexity index is 581. The molecule has 0 aliphatic carbocycles. The molecule has 0 radical (unpaired) electrons. The van der Waals surface area contributed by atoms with Crippen molar-refractivity contribution < 1.29 is 4.74 Å². The van der Waals surface area contributed by atoms with Crippen molar-refractivity contribution in [2.24, 2.45) is 5.73 Å². The summed E-state index contributed by atoms with van der Waals surface area (Å²) in [5, 5.41) is 7.86. The van der Waals surface area contributed by atoms with Crippen molar-refractivity contribution >= 4 is 17.4 Å². The van der Waals surface area contributed by atoms with Gasteiger partial charge >= 0.3 is 0 Å². The normalized spacial score (nSPS) is 10.1. The van der Waals surface area contributed by atoms with E-state index in [2.05, 4.69) is 4.98 Å². The number of hydrogen-bond acceptors (Lipinski definition) is 3. The molecule has 18 heavy (non-hydrogen) atoms. The minimum atomic E-state index is -0.0690. The number of ether oxygens (including phenoxy) is 1. The van der Waals surface area contributed by atoms with Gasteiger partial charge in [-0.3, -0.25) is 5.41 Å². The molecule has 92 valence electrons. The van der Waals surface area contributed by atoms with Gasteiger partial charge in [-0.2, -0.15) is 0 Å². The molecule has 0 atom stereocenters. The SMILES string of the molecule is Cc1ccc(Cl)cc1Oc1ccc(C(=N)N)nc1. The van der Waals surface area contributed by atoms with Crippen LogP contribution in [0.4, 0.5) is 0 Å². The summed E-state index contributed by atoms with van der Waals surface area (Å²) in [4.78, 5) is 4.02. The Labute approximate surface area is 110 Å². The number of benzene rings is 1. The van der Waals surface area contributed by atoms with Crippen molar-refractivity contribution in [3.05, 3.63) is 52.8 Å². The number of pyridine rings is 1. The molecule has 5 heteroatoms. The first-order valence-electron chi connectivity index (χ1n) is 5.31. The molecule has 1 heterocycles. The van der Waals surface area contributed by atoms with E-state index in [0.29, 0.717) is 22.2 Å². The molecule has 0 amide bonds. The van der Waals surface area contributed by atoms with Gasteiger partial charge in [0.05, 0.1) is 6.20 Å². The lowest BCUT2D eigenvalue weighted by molar-refractivity contribution is 0.476. The molecule has 3 N–H and O–H groups in total. The first-order chi connectivity index (χ1) is 8.56. The van der Waals surface area contributed by atoms with Gasteiger partial charge in [-0.15, -0.1) is 0 Å². The van der Waals surface area contributed by atoms with E-state index in [1.807, 2.05) is 13.0 Å². The minimum Gasteiger partial charge on any atom is -0.455 e. The molecule has 0 saturated carbocycles. The van der Waals surface area contributed by atoms with Crippen LogP contribution in [0.15, 0.2) is 36.5 Å². The van der Waals surface area contributed by atoms with Gasteiger partial charge in [-0.05, 0) is 36.8 Å². The number of amidine groups is 1. The summed E-state index contributed by atoms with van der Waals surface area (Å²) in [5.41, 5.74) is 6.73. The molecule has 0 unspecified atom stereocenters. The number of nitrogens with two attached hydrogens (primary N) is 1. The van der Waals surface area contributed by atoms with Crippen LogP contribution in [0.5, 0.6) is 11.5 Å². The summed E-state index contributed by atoms with van der Waals surface area (Å²) in [6.07, 6.45) is 1.52. The lowest BCUT2D eigenvalue weighted by Gasteiger charge is -2.09. The molecule has 2 aromatic rings. The van der Waals surface area contributed by atoms with Gasteiger partial charge in [0.2, 0.25) is 0 Å². The van der Waals surface area contributed by atoms with Gasteiger partial charge in [0.1, 0.15) is 23.0 Å². The van der Waals surface area contributed by atoms with E-state index in [-0.39, 0.29) is 5.84 Å². The van der Waals surface area contributed by atoms with E-state index in [0.717, 1.165) is 5.56 Å². The molecular weight excluding hydrogens is 250 g/mol. The van der Waals surface area contributed by atoms with E-state index < -0.39 is 0 Å². The highest BCUT2D eigenvalue weighted by molar-refractivity contribution is 6.30. The highest BCUT2D eigenvalue weighted by atomic mass is 35.5. The Kier molecular flexibility index (Phi) is 3.48. The third-order valence-electron chi connectivity index (χ3n) is 2.39. The fourth-order valence-corrected chi connectivity index (χ4v) is 1.57. The second-order valence-electron chi connectivity index (χ2n) is 3.80. The molecule has 1 aromatic heterocycles. The monoisotopic (exact) mass is 261 g/mol. The molecule has 0 fully saturated rings. The highest BCUT2D eigenvalue weighted by Crippen LogP contribution is 2.27. The Morgan fingerprint density at radius 1 is 1.33 bits per heavy atom. The van der Waals surface area contributed by atoms with Gasteiger partial charge in [0.25, 0.3) is 0 Å². The summed E-state index contributed by atoms with van der Waals surface area (Å²) in [5.74, 6) is 1.19. The number of aromatic nitrogens is 1. The minimum absolute atomic E-state index is 0.0690. The van der Waals surface area contributed by atoms with Crippen molar-refractivity contribution in [1.82, 2.24) is 4.98 Å². The van der Waals surface area contributed by atoms with Crippen LogP contribution in [0.25, 0.3) is 0 Å². The largest absolute Gasteiger partial charge is 0.455 e. The summed E-state index contributed by atoms with van der Waals surface area (Å²) >= 11 is 5.91. The Morgan fingerprint density at radius 3 is 2.72 bits per heavy atom. The summed E-state index contributed by atoms with van der Waals surface area (Å²) < 4.78 is 5.67. The molecule has 2 rings (SSSR count). The number of nitrogen functional groups attached to an aromatic ring is 1. The maximum absolute atomic E-state index is 7.25. The highest BCUT2D eigenvalue weighted by Gasteiger charge is 2.04. The van der Waals surface area contributed by atoms with Crippen LogP contribution < -0.4 is 10.5 Å². The van der Waals surface area contributed by atoms with Crippen molar-refractivity contribution in [2.75, 3.05) is 0 Å². The fourth-order valence-electron chi connectivity index (χ4n) is 1.41. The Hall–Kier alpha value is -2.07. The summed E-state index contributed by atoms with van der Waals surface area (Å²) in [6.45, 7) is 1.93. The van der Waals surface area contributed by atoms with E-state index >= 15 is 0 Å². The molecular formula is C13H12ClN3O. The van der Waals surface area contributed by atoms with Crippen molar-refractivity contribution in [2.45, 2.75) is 6.92 Å². The number of nitrogens with one attached hydrogen (secondary N) is 1. The van der Waals surface area contributed by atoms with Crippen molar-refractivity contribution in [1.29, 1.82) is 5.41 Å². The zero-order valence-electron chi connectivity index (χ0n) is 9.77. The maximum atomic E-state index is 7.25. The average molecular weight is 262 g/mol. The number of hydrogen-bond donors (Lipinski definition) is 2. The maximum Gasteiger partial charge on any atom is 0.145 e. The number of aryl methyl sites for hydroxylation is 1. The van der Waals surface area contributed by atoms with Gasteiger partial charge in [-0.1, -0.05) is 17.7 Å². The second kappa shape index (κ2) is 5.06. The van der Waals surface area contributed by atoms with Crippen molar-refractivity contribution in [3.63, 3.8) is 0 Å². The summed E-state index contributed by atoms with van der Waals surface area (Å²) in [6, 6.07) is 8.78. The number of halogens is 1. The quantitative estimate of drug-likeness (QED) is 0.659.